The molecule has 1 aliphatic heterocycles. The van der Waals surface area contributed by atoms with E-state index >= 15 is 0 Å². The van der Waals surface area contributed by atoms with Gasteiger partial charge in [0.2, 0.25) is 5.91 Å². The highest BCUT2D eigenvalue weighted by molar-refractivity contribution is 9.10. The maximum absolute atomic E-state index is 11.6. The van der Waals surface area contributed by atoms with Crippen molar-refractivity contribution < 1.29 is 4.79 Å². The number of alkyl halides is 1. The Bertz CT molecular complexity index is 189. The van der Waals surface area contributed by atoms with E-state index in [-0.39, 0.29) is 10.7 Å². The van der Waals surface area contributed by atoms with Crippen LogP contribution >= 0.6 is 15.9 Å². The van der Waals surface area contributed by atoms with Crippen LogP contribution in [0.5, 0.6) is 0 Å². The van der Waals surface area contributed by atoms with Gasteiger partial charge in [-0.25, -0.2) is 0 Å². The number of halogens is 1. The first kappa shape index (κ1) is 9.78. The number of rotatable bonds is 2. The van der Waals surface area contributed by atoms with Crippen molar-refractivity contribution in [1.82, 2.24) is 4.90 Å². The van der Waals surface area contributed by atoms with Crippen molar-refractivity contribution in [2.45, 2.75) is 18.7 Å². The minimum absolute atomic E-state index is 0.0302. The van der Waals surface area contributed by atoms with E-state index in [1.165, 1.54) is 0 Å². The summed E-state index contributed by atoms with van der Waals surface area (Å²) < 4.78 is 0. The number of carbonyl (C=O) groups is 1. The molecule has 0 saturated heterocycles. The molecule has 0 aromatic heterocycles. The molecule has 1 atom stereocenters. The van der Waals surface area contributed by atoms with Crippen LogP contribution in [0.4, 0.5) is 0 Å². The number of hydrogen-bond acceptors (Lipinski definition) is 1. The number of carbonyl (C=O) groups excluding carboxylic acids is 1. The van der Waals surface area contributed by atoms with Crippen LogP contribution in [0.1, 0.15) is 13.8 Å². The predicted molar refractivity (Wildman–Crippen MR) is 53.3 cm³/mol. The van der Waals surface area contributed by atoms with E-state index in [9.17, 15) is 4.79 Å². The summed E-state index contributed by atoms with van der Waals surface area (Å²) in [6, 6.07) is 0. The molecular formula is C9H14BrNO. The van der Waals surface area contributed by atoms with Crippen molar-refractivity contribution in [3.63, 3.8) is 0 Å². The fourth-order valence-corrected chi connectivity index (χ4v) is 1.41. The zero-order chi connectivity index (χ0) is 9.14. The predicted octanol–water partition coefficient (Wildman–Crippen LogP) is 1.80. The lowest BCUT2D eigenvalue weighted by molar-refractivity contribution is -0.129. The molecule has 0 spiro atoms. The van der Waals surface area contributed by atoms with Crippen LogP contribution in [-0.2, 0) is 4.79 Å². The van der Waals surface area contributed by atoms with Crippen LogP contribution in [0, 0.1) is 5.92 Å². The maximum atomic E-state index is 11.6. The van der Waals surface area contributed by atoms with Crippen LogP contribution in [0.25, 0.3) is 0 Å². The number of nitrogens with zero attached hydrogens (tertiary/aromatic N) is 1. The molecule has 0 aromatic carbocycles. The van der Waals surface area contributed by atoms with Gasteiger partial charge in [0.15, 0.2) is 0 Å². The van der Waals surface area contributed by atoms with Crippen molar-refractivity contribution in [1.29, 1.82) is 0 Å². The minimum atomic E-state index is -0.0302. The summed E-state index contributed by atoms with van der Waals surface area (Å²) in [4.78, 5) is 13.4. The lowest BCUT2D eigenvalue weighted by Gasteiger charge is -2.21. The van der Waals surface area contributed by atoms with Crippen LogP contribution in [0.2, 0.25) is 0 Å². The summed E-state index contributed by atoms with van der Waals surface area (Å²) in [6.07, 6.45) is 4.05. The Morgan fingerprint density at radius 2 is 1.92 bits per heavy atom. The van der Waals surface area contributed by atoms with E-state index in [0.717, 1.165) is 13.1 Å². The van der Waals surface area contributed by atoms with Gasteiger partial charge in [-0.1, -0.05) is 41.9 Å². The Hall–Kier alpha value is -0.310. The Labute approximate surface area is 81.8 Å². The van der Waals surface area contributed by atoms with Crippen LogP contribution < -0.4 is 0 Å². The zero-order valence-electron chi connectivity index (χ0n) is 7.46. The van der Waals surface area contributed by atoms with Crippen molar-refractivity contribution in [3.8, 4) is 0 Å². The lowest BCUT2D eigenvalue weighted by Crippen LogP contribution is -2.36. The molecule has 0 radical (unpaired) electrons. The summed E-state index contributed by atoms with van der Waals surface area (Å²) in [5.41, 5.74) is 0. The molecule has 0 saturated carbocycles. The van der Waals surface area contributed by atoms with E-state index < -0.39 is 0 Å². The van der Waals surface area contributed by atoms with Crippen LogP contribution in [0.3, 0.4) is 0 Å². The van der Waals surface area contributed by atoms with E-state index in [2.05, 4.69) is 15.9 Å². The smallest absolute Gasteiger partial charge is 0.237 e. The minimum Gasteiger partial charge on any atom is -0.334 e. The summed E-state index contributed by atoms with van der Waals surface area (Å²) in [6.45, 7) is 5.63. The average molecular weight is 232 g/mol. The van der Waals surface area contributed by atoms with Gasteiger partial charge in [0.25, 0.3) is 0 Å². The maximum Gasteiger partial charge on any atom is 0.237 e. The standard InChI is InChI=1S/C9H14BrNO/c1-7(2)8(10)9(12)11-5-3-4-6-11/h3-4,7-8H,5-6H2,1-2H3. The van der Waals surface area contributed by atoms with Gasteiger partial charge >= 0.3 is 0 Å². The molecule has 1 amide bonds. The number of hydrogen-bond donors (Lipinski definition) is 0. The molecule has 1 unspecified atom stereocenters. The summed E-state index contributed by atoms with van der Waals surface area (Å²) in [7, 11) is 0. The number of amides is 1. The highest BCUT2D eigenvalue weighted by Crippen LogP contribution is 2.16. The van der Waals surface area contributed by atoms with Crippen molar-refractivity contribution in [2.75, 3.05) is 13.1 Å². The van der Waals surface area contributed by atoms with Crippen LogP contribution in [-0.4, -0.2) is 28.7 Å². The SMILES string of the molecule is CC(C)C(Br)C(=O)N1CC=CC1. The molecule has 0 fully saturated rings. The van der Waals surface area contributed by atoms with Gasteiger partial charge in [-0.2, -0.15) is 0 Å². The van der Waals surface area contributed by atoms with Gasteiger partial charge in [0.05, 0.1) is 4.83 Å². The van der Waals surface area contributed by atoms with Gasteiger partial charge in [0, 0.05) is 13.1 Å². The molecule has 1 aliphatic rings. The Balaban J connectivity index is 2.47. The van der Waals surface area contributed by atoms with Gasteiger partial charge in [-0.05, 0) is 5.92 Å². The van der Waals surface area contributed by atoms with Gasteiger partial charge in [-0.15, -0.1) is 0 Å². The molecule has 0 aromatic rings. The van der Waals surface area contributed by atoms with Crippen molar-refractivity contribution in [3.05, 3.63) is 12.2 Å². The quantitative estimate of drug-likeness (QED) is 0.525. The molecule has 68 valence electrons. The second-order valence-corrected chi connectivity index (χ2v) is 4.35. The second kappa shape index (κ2) is 4.08. The van der Waals surface area contributed by atoms with Crippen LogP contribution in [0.15, 0.2) is 12.2 Å². The first-order valence-electron chi connectivity index (χ1n) is 4.20. The molecule has 0 N–H and O–H groups in total. The Kier molecular flexibility index (Phi) is 3.32. The first-order valence-corrected chi connectivity index (χ1v) is 5.12. The van der Waals surface area contributed by atoms with Crippen molar-refractivity contribution in [2.24, 2.45) is 5.92 Å². The molecule has 12 heavy (non-hydrogen) atoms. The fraction of sp³-hybridized carbons (Fsp3) is 0.667. The normalized spacial score (nSPS) is 18.8. The molecule has 3 heteroatoms. The Morgan fingerprint density at radius 3 is 2.33 bits per heavy atom. The molecular weight excluding hydrogens is 218 g/mol. The fourth-order valence-electron chi connectivity index (χ4n) is 1.12. The van der Waals surface area contributed by atoms with E-state index in [4.69, 9.17) is 0 Å². The third-order valence-corrected chi connectivity index (χ3v) is 3.40. The van der Waals surface area contributed by atoms with Gasteiger partial charge in [0.1, 0.15) is 0 Å². The zero-order valence-corrected chi connectivity index (χ0v) is 9.04. The average Bonchev–Trinajstić information content (AvgIpc) is 2.53. The van der Waals surface area contributed by atoms with Gasteiger partial charge in [-0.3, -0.25) is 4.79 Å². The van der Waals surface area contributed by atoms with E-state index in [1.54, 1.807) is 0 Å². The Morgan fingerprint density at radius 1 is 1.42 bits per heavy atom. The highest BCUT2D eigenvalue weighted by atomic mass is 79.9. The first-order chi connectivity index (χ1) is 5.63. The summed E-state index contributed by atoms with van der Waals surface area (Å²) in [5.74, 6) is 0.563. The molecule has 1 rings (SSSR count). The third kappa shape index (κ3) is 2.09. The molecule has 0 bridgehead atoms. The van der Waals surface area contributed by atoms with Crippen molar-refractivity contribution >= 4 is 21.8 Å². The molecule has 1 heterocycles. The monoisotopic (exact) mass is 231 g/mol. The largest absolute Gasteiger partial charge is 0.334 e. The van der Waals surface area contributed by atoms with Gasteiger partial charge < -0.3 is 4.90 Å². The second-order valence-electron chi connectivity index (χ2n) is 3.36. The van der Waals surface area contributed by atoms with E-state index in [1.807, 2.05) is 30.9 Å². The molecule has 2 nitrogen and oxygen atoms in total. The third-order valence-electron chi connectivity index (χ3n) is 1.95. The highest BCUT2D eigenvalue weighted by Gasteiger charge is 2.24. The summed E-state index contributed by atoms with van der Waals surface area (Å²) in [5, 5.41) is 0. The summed E-state index contributed by atoms with van der Waals surface area (Å²) >= 11 is 3.40. The van der Waals surface area contributed by atoms with E-state index in [0.29, 0.717) is 5.92 Å². The lowest BCUT2D eigenvalue weighted by atomic mass is 10.1. The molecule has 0 aliphatic carbocycles. The topological polar surface area (TPSA) is 20.3 Å².